The van der Waals surface area contributed by atoms with E-state index >= 15 is 0 Å². The van der Waals surface area contributed by atoms with Crippen LogP contribution in [-0.2, 0) is 11.3 Å². The first-order valence-corrected chi connectivity index (χ1v) is 7.06. The zero-order valence-corrected chi connectivity index (χ0v) is 11.9. The van der Waals surface area contributed by atoms with Gasteiger partial charge in [0.1, 0.15) is 5.75 Å². The highest BCUT2D eigenvalue weighted by molar-refractivity contribution is 5.82. The van der Waals surface area contributed by atoms with E-state index < -0.39 is 0 Å². The summed E-state index contributed by atoms with van der Waals surface area (Å²) in [7, 11) is 1.66. The fourth-order valence-corrected chi connectivity index (χ4v) is 2.80. The van der Waals surface area contributed by atoms with Gasteiger partial charge in [-0.2, -0.15) is 0 Å². The Labute approximate surface area is 115 Å². The minimum atomic E-state index is -0.180. The molecule has 0 saturated heterocycles. The van der Waals surface area contributed by atoms with Crippen molar-refractivity contribution in [3.05, 3.63) is 29.8 Å². The van der Waals surface area contributed by atoms with Gasteiger partial charge in [-0.15, -0.1) is 0 Å². The molecule has 1 saturated carbocycles. The molecule has 0 radical (unpaired) electrons. The van der Waals surface area contributed by atoms with Crippen molar-refractivity contribution in [3.63, 3.8) is 0 Å². The Morgan fingerprint density at radius 2 is 1.95 bits per heavy atom. The molecule has 0 spiro atoms. The predicted molar refractivity (Wildman–Crippen MR) is 76.0 cm³/mol. The molecule has 104 valence electrons. The molecule has 1 aromatic carbocycles. The molecule has 0 aliphatic heterocycles. The Kier molecular flexibility index (Phi) is 4.46. The van der Waals surface area contributed by atoms with Crippen LogP contribution in [0.25, 0.3) is 0 Å². The van der Waals surface area contributed by atoms with Gasteiger partial charge in [0, 0.05) is 17.5 Å². The van der Waals surface area contributed by atoms with Gasteiger partial charge in [-0.05, 0) is 18.9 Å². The molecular formula is C16H23NO2. The van der Waals surface area contributed by atoms with Crippen molar-refractivity contribution in [2.75, 3.05) is 7.11 Å². The largest absolute Gasteiger partial charge is 0.496 e. The molecule has 0 bridgehead atoms. The summed E-state index contributed by atoms with van der Waals surface area (Å²) in [6, 6.07) is 7.81. The number of para-hydroxylation sites is 1. The second-order valence-electron chi connectivity index (χ2n) is 5.62. The first-order valence-electron chi connectivity index (χ1n) is 7.06. The van der Waals surface area contributed by atoms with Crippen molar-refractivity contribution in [1.82, 2.24) is 5.32 Å². The van der Waals surface area contributed by atoms with Crippen molar-refractivity contribution in [1.29, 1.82) is 0 Å². The number of methoxy groups -OCH3 is 1. The van der Waals surface area contributed by atoms with Crippen LogP contribution in [0.3, 0.4) is 0 Å². The number of hydrogen-bond acceptors (Lipinski definition) is 2. The molecule has 1 aromatic rings. The summed E-state index contributed by atoms with van der Waals surface area (Å²) in [6.45, 7) is 2.63. The third kappa shape index (κ3) is 3.28. The van der Waals surface area contributed by atoms with Crippen molar-refractivity contribution >= 4 is 5.91 Å². The van der Waals surface area contributed by atoms with E-state index in [2.05, 4.69) is 12.2 Å². The summed E-state index contributed by atoms with van der Waals surface area (Å²) >= 11 is 0. The summed E-state index contributed by atoms with van der Waals surface area (Å²) < 4.78 is 5.30. The molecule has 19 heavy (non-hydrogen) atoms. The number of hydrogen-bond donors (Lipinski definition) is 1. The summed E-state index contributed by atoms with van der Waals surface area (Å²) in [4.78, 5) is 12.3. The van der Waals surface area contributed by atoms with Crippen molar-refractivity contribution in [2.24, 2.45) is 5.41 Å². The highest BCUT2D eigenvalue weighted by atomic mass is 16.5. The number of amides is 1. The second-order valence-corrected chi connectivity index (χ2v) is 5.62. The highest BCUT2D eigenvalue weighted by Crippen LogP contribution is 2.35. The van der Waals surface area contributed by atoms with Gasteiger partial charge < -0.3 is 10.1 Å². The molecule has 1 N–H and O–H groups in total. The number of carbonyl (C=O) groups excluding carboxylic acids is 1. The van der Waals surface area contributed by atoms with Gasteiger partial charge in [-0.3, -0.25) is 4.79 Å². The summed E-state index contributed by atoms with van der Waals surface area (Å²) in [6.07, 6.45) is 5.60. The molecule has 1 aliphatic carbocycles. The third-order valence-electron chi connectivity index (χ3n) is 4.14. The fourth-order valence-electron chi connectivity index (χ4n) is 2.80. The molecule has 1 aliphatic rings. The maximum Gasteiger partial charge on any atom is 0.226 e. The van der Waals surface area contributed by atoms with E-state index in [1.165, 1.54) is 19.3 Å². The van der Waals surface area contributed by atoms with E-state index in [9.17, 15) is 4.79 Å². The van der Waals surface area contributed by atoms with E-state index in [0.717, 1.165) is 24.2 Å². The summed E-state index contributed by atoms with van der Waals surface area (Å²) in [5.74, 6) is 1.01. The number of ether oxygens (including phenoxy) is 1. The maximum atomic E-state index is 12.3. The lowest BCUT2D eigenvalue weighted by Gasteiger charge is -2.32. The highest BCUT2D eigenvalue weighted by Gasteiger charge is 2.34. The average molecular weight is 261 g/mol. The normalized spacial score (nSPS) is 17.8. The number of benzene rings is 1. The Bertz CT molecular complexity index is 436. The topological polar surface area (TPSA) is 38.3 Å². The lowest BCUT2D eigenvalue weighted by Crippen LogP contribution is -2.39. The lowest BCUT2D eigenvalue weighted by molar-refractivity contribution is -0.132. The zero-order chi connectivity index (χ0) is 13.7. The molecule has 0 heterocycles. The number of carbonyl (C=O) groups is 1. The SMILES string of the molecule is COc1ccccc1CNC(=O)C1(C)CCCCC1. The Balaban J connectivity index is 1.96. The molecule has 3 nitrogen and oxygen atoms in total. The van der Waals surface area contributed by atoms with Crippen molar-refractivity contribution in [3.8, 4) is 5.75 Å². The molecule has 0 aromatic heterocycles. The molecule has 0 unspecified atom stereocenters. The molecular weight excluding hydrogens is 238 g/mol. The van der Waals surface area contributed by atoms with Gasteiger partial charge in [0.05, 0.1) is 7.11 Å². The van der Waals surface area contributed by atoms with Crippen molar-refractivity contribution in [2.45, 2.75) is 45.6 Å². The Morgan fingerprint density at radius 1 is 1.26 bits per heavy atom. The van der Waals surface area contributed by atoms with E-state index in [4.69, 9.17) is 4.74 Å². The predicted octanol–water partition coefficient (Wildman–Crippen LogP) is 3.28. The first kappa shape index (κ1) is 13.9. The third-order valence-corrected chi connectivity index (χ3v) is 4.14. The van der Waals surface area contributed by atoms with Crippen LogP contribution >= 0.6 is 0 Å². The van der Waals surface area contributed by atoms with Crippen LogP contribution in [0.1, 0.15) is 44.6 Å². The zero-order valence-electron chi connectivity index (χ0n) is 11.9. The maximum absolute atomic E-state index is 12.3. The Hall–Kier alpha value is -1.51. The molecule has 3 heteroatoms. The van der Waals surface area contributed by atoms with Gasteiger partial charge in [0.25, 0.3) is 0 Å². The minimum Gasteiger partial charge on any atom is -0.496 e. The number of rotatable bonds is 4. The van der Waals surface area contributed by atoms with Crippen LogP contribution in [0.15, 0.2) is 24.3 Å². The van der Waals surface area contributed by atoms with Crippen LogP contribution < -0.4 is 10.1 Å². The van der Waals surface area contributed by atoms with E-state index in [1.807, 2.05) is 24.3 Å². The van der Waals surface area contributed by atoms with Crippen molar-refractivity contribution < 1.29 is 9.53 Å². The van der Waals surface area contributed by atoms with E-state index in [-0.39, 0.29) is 11.3 Å². The minimum absolute atomic E-state index is 0.179. The van der Waals surface area contributed by atoms with Crippen LogP contribution in [0, 0.1) is 5.41 Å². The van der Waals surface area contributed by atoms with Gasteiger partial charge >= 0.3 is 0 Å². The lowest BCUT2D eigenvalue weighted by atomic mass is 9.75. The standard InChI is InChI=1S/C16H23NO2/c1-16(10-6-3-7-11-16)15(18)17-12-13-8-4-5-9-14(13)19-2/h4-5,8-9H,3,6-7,10-12H2,1-2H3,(H,17,18). The smallest absolute Gasteiger partial charge is 0.226 e. The van der Waals surface area contributed by atoms with Crippen LogP contribution in [0.2, 0.25) is 0 Å². The monoisotopic (exact) mass is 261 g/mol. The van der Waals surface area contributed by atoms with Gasteiger partial charge in [-0.1, -0.05) is 44.4 Å². The molecule has 1 amide bonds. The van der Waals surface area contributed by atoms with Gasteiger partial charge in [0.2, 0.25) is 5.91 Å². The van der Waals surface area contributed by atoms with E-state index in [1.54, 1.807) is 7.11 Å². The summed E-state index contributed by atoms with van der Waals surface area (Å²) in [5.41, 5.74) is 0.845. The van der Waals surface area contributed by atoms with Gasteiger partial charge in [0.15, 0.2) is 0 Å². The van der Waals surface area contributed by atoms with E-state index in [0.29, 0.717) is 6.54 Å². The van der Waals surface area contributed by atoms with Crippen LogP contribution in [0.5, 0.6) is 5.75 Å². The number of nitrogens with one attached hydrogen (secondary N) is 1. The Morgan fingerprint density at radius 3 is 2.63 bits per heavy atom. The first-order chi connectivity index (χ1) is 9.15. The van der Waals surface area contributed by atoms with Crippen LogP contribution in [-0.4, -0.2) is 13.0 Å². The average Bonchev–Trinajstić information content (AvgIpc) is 2.45. The molecule has 0 atom stereocenters. The summed E-state index contributed by atoms with van der Waals surface area (Å²) in [5, 5.41) is 3.06. The molecule has 2 rings (SSSR count). The molecule has 1 fully saturated rings. The second kappa shape index (κ2) is 6.09. The van der Waals surface area contributed by atoms with Gasteiger partial charge in [-0.25, -0.2) is 0 Å². The quantitative estimate of drug-likeness (QED) is 0.903. The fraction of sp³-hybridized carbons (Fsp3) is 0.562. The van der Waals surface area contributed by atoms with Crippen LogP contribution in [0.4, 0.5) is 0 Å².